The van der Waals surface area contributed by atoms with Crippen LogP contribution in [0.3, 0.4) is 0 Å². The maximum Gasteiger partial charge on any atom is 0.249 e. The Bertz CT molecular complexity index is 1130. The number of amides is 2. The van der Waals surface area contributed by atoms with Crippen molar-refractivity contribution in [3.8, 4) is 22.3 Å². The van der Waals surface area contributed by atoms with Crippen LogP contribution in [0.4, 0.5) is 11.4 Å². The Morgan fingerprint density at radius 3 is 1.64 bits per heavy atom. The number of anilines is 2. The van der Waals surface area contributed by atoms with Gasteiger partial charge in [0.15, 0.2) is 0 Å². The Kier molecular flexibility index (Phi) is 5.18. The second-order valence-corrected chi connectivity index (χ2v) is 6.93. The van der Waals surface area contributed by atoms with Crippen molar-refractivity contribution < 1.29 is 9.59 Å². The summed E-state index contributed by atoms with van der Waals surface area (Å²) >= 11 is 12.7. The van der Waals surface area contributed by atoms with E-state index < -0.39 is 11.8 Å². The topological polar surface area (TPSA) is 138 Å². The summed E-state index contributed by atoms with van der Waals surface area (Å²) in [5, 5.41) is 0.564. The summed E-state index contributed by atoms with van der Waals surface area (Å²) in [6, 6.07) is 12.6. The summed E-state index contributed by atoms with van der Waals surface area (Å²) in [6.45, 7) is 0. The second kappa shape index (κ2) is 7.42. The molecule has 3 rings (SSSR count). The van der Waals surface area contributed by atoms with Crippen LogP contribution in [0.1, 0.15) is 20.7 Å². The molecule has 142 valence electrons. The number of carbonyl (C=O) groups excluding carboxylic acids is 2. The van der Waals surface area contributed by atoms with Crippen LogP contribution in [-0.2, 0) is 0 Å². The van der Waals surface area contributed by atoms with E-state index in [-0.39, 0.29) is 21.7 Å². The summed E-state index contributed by atoms with van der Waals surface area (Å²) in [7, 11) is 0. The van der Waals surface area contributed by atoms with E-state index in [0.29, 0.717) is 33.1 Å². The first kappa shape index (κ1) is 19.5. The average molecular weight is 415 g/mol. The Balaban J connectivity index is 2.45. The van der Waals surface area contributed by atoms with Crippen molar-refractivity contribution in [2.75, 3.05) is 11.5 Å². The Morgan fingerprint density at radius 1 is 0.679 bits per heavy atom. The van der Waals surface area contributed by atoms with Crippen LogP contribution in [0.2, 0.25) is 10.0 Å². The molecule has 0 radical (unpaired) electrons. The van der Waals surface area contributed by atoms with Gasteiger partial charge in [-0.15, -0.1) is 0 Å². The lowest BCUT2D eigenvalue weighted by atomic mass is 9.87. The lowest BCUT2D eigenvalue weighted by Gasteiger charge is -2.18. The quantitative estimate of drug-likeness (QED) is 0.483. The molecule has 3 aromatic carbocycles. The van der Waals surface area contributed by atoms with Gasteiger partial charge in [-0.1, -0.05) is 41.4 Å². The second-order valence-electron chi connectivity index (χ2n) is 6.12. The first-order chi connectivity index (χ1) is 13.2. The molecule has 0 aliphatic heterocycles. The van der Waals surface area contributed by atoms with Crippen molar-refractivity contribution in [1.82, 2.24) is 0 Å². The number of halogens is 2. The fourth-order valence-corrected chi connectivity index (χ4v) is 3.63. The van der Waals surface area contributed by atoms with Gasteiger partial charge in [-0.25, -0.2) is 0 Å². The third kappa shape index (κ3) is 3.47. The molecule has 0 unspecified atom stereocenters. The molecular weight excluding hydrogens is 399 g/mol. The van der Waals surface area contributed by atoms with E-state index in [0.717, 1.165) is 0 Å². The molecule has 6 nitrogen and oxygen atoms in total. The van der Waals surface area contributed by atoms with Gasteiger partial charge in [0.1, 0.15) is 0 Å². The minimum Gasteiger partial charge on any atom is -0.399 e. The Labute approximate surface area is 171 Å². The Hall–Kier alpha value is -3.22. The highest BCUT2D eigenvalue weighted by Gasteiger charge is 2.24. The predicted molar refractivity (Wildman–Crippen MR) is 113 cm³/mol. The molecule has 0 aromatic heterocycles. The largest absolute Gasteiger partial charge is 0.399 e. The van der Waals surface area contributed by atoms with E-state index in [1.807, 2.05) is 0 Å². The number of hydrogen-bond acceptors (Lipinski definition) is 4. The van der Waals surface area contributed by atoms with E-state index in [1.54, 1.807) is 36.4 Å². The van der Waals surface area contributed by atoms with Gasteiger partial charge < -0.3 is 22.9 Å². The number of hydrogen-bond donors (Lipinski definition) is 4. The van der Waals surface area contributed by atoms with Crippen molar-refractivity contribution >= 4 is 46.4 Å². The van der Waals surface area contributed by atoms with Gasteiger partial charge in [-0.05, 0) is 35.9 Å². The molecule has 0 aliphatic carbocycles. The maximum absolute atomic E-state index is 12.5. The monoisotopic (exact) mass is 414 g/mol. The van der Waals surface area contributed by atoms with Gasteiger partial charge in [0.25, 0.3) is 0 Å². The highest BCUT2D eigenvalue weighted by atomic mass is 35.5. The van der Waals surface area contributed by atoms with E-state index in [4.69, 9.17) is 46.1 Å². The standard InChI is InChI=1S/C20H16Cl2N4O2/c21-15-7-9(23)1-3-11(15)12-5-6-14(19(25)27)17(18(12)20(26)28)13-4-2-10(24)8-16(13)22/h1-8H,23-24H2,(H2,25,27)(H2,26,28). The van der Waals surface area contributed by atoms with E-state index in [2.05, 4.69) is 0 Å². The molecule has 0 spiro atoms. The summed E-state index contributed by atoms with van der Waals surface area (Å²) < 4.78 is 0. The van der Waals surface area contributed by atoms with Crippen LogP contribution in [0.15, 0.2) is 48.5 Å². The predicted octanol–water partition coefficient (Wildman–Crippen LogP) is 3.69. The van der Waals surface area contributed by atoms with Crippen LogP contribution in [0.25, 0.3) is 22.3 Å². The van der Waals surface area contributed by atoms with Gasteiger partial charge >= 0.3 is 0 Å². The normalized spacial score (nSPS) is 10.6. The maximum atomic E-state index is 12.5. The van der Waals surface area contributed by atoms with Crippen molar-refractivity contribution in [3.05, 3.63) is 69.7 Å². The fourth-order valence-electron chi connectivity index (χ4n) is 3.05. The van der Waals surface area contributed by atoms with E-state index in [9.17, 15) is 9.59 Å². The van der Waals surface area contributed by atoms with Crippen molar-refractivity contribution in [3.63, 3.8) is 0 Å². The molecule has 0 saturated carbocycles. The van der Waals surface area contributed by atoms with Gasteiger partial charge in [-0.2, -0.15) is 0 Å². The minimum atomic E-state index is -0.770. The molecule has 8 heteroatoms. The molecule has 0 heterocycles. The third-order valence-corrected chi connectivity index (χ3v) is 4.89. The zero-order chi connectivity index (χ0) is 20.6. The smallest absolute Gasteiger partial charge is 0.249 e. The van der Waals surface area contributed by atoms with Crippen LogP contribution < -0.4 is 22.9 Å². The van der Waals surface area contributed by atoms with Crippen LogP contribution in [-0.4, -0.2) is 11.8 Å². The first-order valence-electron chi connectivity index (χ1n) is 8.08. The van der Waals surface area contributed by atoms with Gasteiger partial charge in [-0.3, -0.25) is 9.59 Å². The SMILES string of the molecule is NC(=O)c1ccc(-c2ccc(N)cc2Cl)c(C(N)=O)c1-c1ccc(N)cc1Cl. The molecule has 8 N–H and O–H groups in total. The van der Waals surface area contributed by atoms with Crippen LogP contribution >= 0.6 is 23.2 Å². The lowest BCUT2D eigenvalue weighted by Crippen LogP contribution is -2.19. The van der Waals surface area contributed by atoms with Crippen molar-refractivity contribution in [1.29, 1.82) is 0 Å². The van der Waals surface area contributed by atoms with E-state index in [1.165, 1.54) is 12.1 Å². The summed E-state index contributed by atoms with van der Waals surface area (Å²) in [4.78, 5) is 24.5. The van der Waals surface area contributed by atoms with Crippen molar-refractivity contribution in [2.45, 2.75) is 0 Å². The number of benzene rings is 3. The molecule has 2 amide bonds. The molecular formula is C20H16Cl2N4O2. The molecule has 0 bridgehead atoms. The molecule has 3 aromatic rings. The molecule has 0 atom stereocenters. The fraction of sp³-hybridized carbons (Fsp3) is 0. The average Bonchev–Trinajstić information content (AvgIpc) is 2.60. The third-order valence-electron chi connectivity index (χ3n) is 4.26. The summed E-state index contributed by atoms with van der Waals surface area (Å²) in [5.41, 5.74) is 25.3. The molecule has 0 aliphatic rings. The lowest BCUT2D eigenvalue weighted by molar-refractivity contribution is 0.0999. The Morgan fingerprint density at radius 2 is 1.18 bits per heavy atom. The molecule has 0 fully saturated rings. The van der Waals surface area contributed by atoms with Gasteiger partial charge in [0, 0.05) is 33.6 Å². The highest BCUT2D eigenvalue weighted by Crippen LogP contribution is 2.40. The van der Waals surface area contributed by atoms with Crippen LogP contribution in [0.5, 0.6) is 0 Å². The zero-order valence-corrected chi connectivity index (χ0v) is 16.0. The van der Waals surface area contributed by atoms with Crippen molar-refractivity contribution in [2.24, 2.45) is 11.5 Å². The molecule has 28 heavy (non-hydrogen) atoms. The molecule has 0 saturated heterocycles. The summed E-state index contributed by atoms with van der Waals surface area (Å²) in [6.07, 6.45) is 0. The number of nitrogen functional groups attached to an aromatic ring is 2. The van der Waals surface area contributed by atoms with E-state index >= 15 is 0 Å². The zero-order valence-electron chi connectivity index (χ0n) is 14.5. The number of rotatable bonds is 4. The minimum absolute atomic E-state index is 0.0645. The number of primary amides is 2. The highest BCUT2D eigenvalue weighted by molar-refractivity contribution is 6.35. The van der Waals surface area contributed by atoms with Gasteiger partial charge in [0.05, 0.1) is 15.6 Å². The summed E-state index contributed by atoms with van der Waals surface area (Å²) in [5.74, 6) is -1.51. The number of nitrogens with two attached hydrogens (primary N) is 4. The number of carbonyl (C=O) groups is 2. The first-order valence-corrected chi connectivity index (χ1v) is 8.83. The van der Waals surface area contributed by atoms with Gasteiger partial charge in [0.2, 0.25) is 11.8 Å². The van der Waals surface area contributed by atoms with Crippen LogP contribution in [0, 0.1) is 0 Å².